The number of nitrogens with zero attached hydrogens (tertiary/aromatic N) is 4. The second kappa shape index (κ2) is 4.59. The third-order valence-corrected chi connectivity index (χ3v) is 3.96. The fourth-order valence-corrected chi connectivity index (χ4v) is 3.06. The molecule has 4 rings (SSSR count). The van der Waals surface area contributed by atoms with Crippen molar-refractivity contribution in [3.63, 3.8) is 0 Å². The van der Waals surface area contributed by atoms with E-state index >= 15 is 0 Å². The monoisotopic (exact) mass is 265 g/mol. The third-order valence-electron chi connectivity index (χ3n) is 3.96. The first kappa shape index (κ1) is 11.4. The maximum atomic E-state index is 4.31. The normalized spacial score (nSPS) is 18.8. The Morgan fingerprint density at radius 1 is 1.20 bits per heavy atom. The van der Waals surface area contributed by atoms with Crippen LogP contribution < -0.4 is 4.90 Å². The molecule has 0 radical (unpaired) electrons. The second-order valence-electron chi connectivity index (χ2n) is 5.10. The van der Waals surface area contributed by atoms with Crippen LogP contribution in [0.25, 0.3) is 11.0 Å². The summed E-state index contributed by atoms with van der Waals surface area (Å²) in [5.41, 5.74) is 3.33. The number of hydrogen-bond acceptors (Lipinski definition) is 4. The Bertz CT molecular complexity index is 721. The van der Waals surface area contributed by atoms with Crippen LogP contribution in [0.1, 0.15) is 24.4 Å². The summed E-state index contributed by atoms with van der Waals surface area (Å²) in [4.78, 5) is 11.0. The molecule has 3 aromatic rings. The molecule has 1 atom stereocenters. The van der Waals surface area contributed by atoms with Gasteiger partial charge in [0.1, 0.15) is 0 Å². The van der Waals surface area contributed by atoms with Crippen molar-refractivity contribution in [1.82, 2.24) is 20.2 Å². The zero-order valence-electron chi connectivity index (χ0n) is 11.0. The molecule has 4 heterocycles. The lowest BCUT2D eigenvalue weighted by Gasteiger charge is -2.27. The van der Waals surface area contributed by atoms with Gasteiger partial charge in [0, 0.05) is 25.1 Å². The van der Waals surface area contributed by atoms with Gasteiger partial charge in [0.2, 0.25) is 0 Å². The van der Waals surface area contributed by atoms with Crippen molar-refractivity contribution >= 4 is 16.7 Å². The first-order chi connectivity index (χ1) is 9.93. The smallest absolute Gasteiger partial charge is 0.157 e. The van der Waals surface area contributed by atoms with Crippen molar-refractivity contribution < 1.29 is 0 Å². The van der Waals surface area contributed by atoms with E-state index in [-0.39, 0.29) is 0 Å². The first-order valence-corrected chi connectivity index (χ1v) is 6.88. The lowest BCUT2D eigenvalue weighted by molar-refractivity contribution is 0.717. The number of rotatable bonds is 2. The summed E-state index contributed by atoms with van der Waals surface area (Å²) in [6.45, 7) is 1.06. The van der Waals surface area contributed by atoms with E-state index in [0.29, 0.717) is 6.04 Å². The Labute approximate surface area is 116 Å². The summed E-state index contributed by atoms with van der Waals surface area (Å²) in [7, 11) is 0. The van der Waals surface area contributed by atoms with Crippen LogP contribution in [-0.2, 0) is 0 Å². The molecule has 0 amide bonds. The van der Waals surface area contributed by atoms with Gasteiger partial charge in [-0.2, -0.15) is 5.10 Å². The van der Waals surface area contributed by atoms with Crippen molar-refractivity contribution in [3.8, 4) is 0 Å². The van der Waals surface area contributed by atoms with Crippen molar-refractivity contribution in [2.45, 2.75) is 18.9 Å². The average molecular weight is 265 g/mol. The Morgan fingerprint density at radius 2 is 2.20 bits per heavy atom. The highest BCUT2D eigenvalue weighted by atomic mass is 15.2. The predicted molar refractivity (Wildman–Crippen MR) is 77.4 cm³/mol. The molecule has 0 aromatic carbocycles. The van der Waals surface area contributed by atoms with Crippen LogP contribution in [0.4, 0.5) is 5.69 Å². The number of aromatic amines is 1. The maximum absolute atomic E-state index is 4.31. The van der Waals surface area contributed by atoms with Gasteiger partial charge in [-0.3, -0.25) is 10.1 Å². The standard InChI is InChI=1S/C15H15N5/c1-3-11(9-16-6-1)13-4-2-8-20(13)14-5-7-17-15-12(14)10-18-19-15/h1,3,5-7,9-10,13H,2,4,8H2,(H,17,18,19). The molecule has 1 N–H and O–H groups in total. The maximum Gasteiger partial charge on any atom is 0.157 e. The number of hydrogen-bond donors (Lipinski definition) is 1. The van der Waals surface area contributed by atoms with Crippen molar-refractivity contribution in [2.24, 2.45) is 0 Å². The van der Waals surface area contributed by atoms with Crippen LogP contribution in [0.3, 0.4) is 0 Å². The van der Waals surface area contributed by atoms with E-state index in [9.17, 15) is 0 Å². The summed E-state index contributed by atoms with van der Waals surface area (Å²) in [5, 5.41) is 8.13. The number of pyridine rings is 2. The van der Waals surface area contributed by atoms with Crippen LogP contribution in [0.5, 0.6) is 0 Å². The van der Waals surface area contributed by atoms with E-state index in [1.807, 2.05) is 30.9 Å². The molecule has 5 nitrogen and oxygen atoms in total. The molecule has 5 heteroatoms. The van der Waals surface area contributed by atoms with Crippen LogP contribution in [0.2, 0.25) is 0 Å². The van der Waals surface area contributed by atoms with Crippen molar-refractivity contribution in [2.75, 3.05) is 11.4 Å². The number of H-pyrrole nitrogens is 1. The third kappa shape index (κ3) is 1.74. The minimum Gasteiger partial charge on any atom is -0.364 e. The molecule has 0 spiro atoms. The lowest BCUT2D eigenvalue weighted by atomic mass is 10.1. The summed E-state index contributed by atoms with van der Waals surface area (Å²) in [5.74, 6) is 0. The summed E-state index contributed by atoms with van der Waals surface area (Å²) in [6.07, 6.45) is 9.85. The van der Waals surface area contributed by atoms with Gasteiger partial charge < -0.3 is 4.90 Å². The van der Waals surface area contributed by atoms with Crippen LogP contribution in [-0.4, -0.2) is 26.7 Å². The Kier molecular flexibility index (Phi) is 2.62. The van der Waals surface area contributed by atoms with E-state index in [0.717, 1.165) is 24.0 Å². The second-order valence-corrected chi connectivity index (χ2v) is 5.10. The zero-order chi connectivity index (χ0) is 13.4. The van der Waals surface area contributed by atoms with Gasteiger partial charge in [-0.05, 0) is 30.5 Å². The van der Waals surface area contributed by atoms with Gasteiger partial charge in [-0.25, -0.2) is 4.98 Å². The highest BCUT2D eigenvalue weighted by Gasteiger charge is 2.27. The minimum absolute atomic E-state index is 0.393. The number of aromatic nitrogens is 4. The van der Waals surface area contributed by atoms with Gasteiger partial charge in [0.25, 0.3) is 0 Å². The number of fused-ring (bicyclic) bond motifs is 1. The molecule has 1 aliphatic heterocycles. The zero-order valence-corrected chi connectivity index (χ0v) is 11.0. The summed E-state index contributed by atoms with van der Waals surface area (Å²) >= 11 is 0. The van der Waals surface area contributed by atoms with Gasteiger partial charge in [-0.1, -0.05) is 6.07 Å². The topological polar surface area (TPSA) is 57.7 Å². The van der Waals surface area contributed by atoms with E-state index in [4.69, 9.17) is 0 Å². The van der Waals surface area contributed by atoms with Gasteiger partial charge in [-0.15, -0.1) is 0 Å². The Balaban J connectivity index is 1.79. The quantitative estimate of drug-likeness (QED) is 0.774. The number of nitrogens with one attached hydrogen (secondary N) is 1. The minimum atomic E-state index is 0.393. The molecule has 1 saturated heterocycles. The van der Waals surface area contributed by atoms with E-state index in [1.54, 1.807) is 0 Å². The van der Waals surface area contributed by atoms with Gasteiger partial charge in [0.15, 0.2) is 5.65 Å². The molecule has 0 bridgehead atoms. The van der Waals surface area contributed by atoms with Gasteiger partial charge in [0.05, 0.1) is 23.3 Å². The number of anilines is 1. The highest BCUT2D eigenvalue weighted by molar-refractivity contribution is 5.89. The Hall–Kier alpha value is -2.43. The molecule has 20 heavy (non-hydrogen) atoms. The molecule has 0 aliphatic carbocycles. The van der Waals surface area contributed by atoms with Crippen molar-refractivity contribution in [3.05, 3.63) is 48.5 Å². The molecule has 100 valence electrons. The fourth-order valence-electron chi connectivity index (χ4n) is 3.06. The predicted octanol–water partition coefficient (Wildman–Crippen LogP) is 2.69. The molecule has 3 aromatic heterocycles. The average Bonchev–Trinajstić information content (AvgIpc) is 3.16. The molecule has 1 fully saturated rings. The van der Waals surface area contributed by atoms with Crippen molar-refractivity contribution in [1.29, 1.82) is 0 Å². The van der Waals surface area contributed by atoms with Crippen LogP contribution >= 0.6 is 0 Å². The van der Waals surface area contributed by atoms with Gasteiger partial charge >= 0.3 is 0 Å². The molecule has 1 unspecified atom stereocenters. The summed E-state index contributed by atoms with van der Waals surface area (Å²) < 4.78 is 0. The molecule has 0 saturated carbocycles. The van der Waals surface area contributed by atoms with E-state index < -0.39 is 0 Å². The first-order valence-electron chi connectivity index (χ1n) is 6.88. The van der Waals surface area contributed by atoms with Crippen LogP contribution in [0.15, 0.2) is 43.0 Å². The summed E-state index contributed by atoms with van der Waals surface area (Å²) in [6, 6.07) is 6.63. The fraction of sp³-hybridized carbons (Fsp3) is 0.267. The molecular weight excluding hydrogens is 250 g/mol. The SMILES string of the molecule is c1cncc(C2CCCN2c2ccnc3[nH]ncc23)c1. The van der Waals surface area contributed by atoms with E-state index in [2.05, 4.69) is 37.2 Å². The Morgan fingerprint density at radius 3 is 3.10 bits per heavy atom. The van der Waals surface area contributed by atoms with Crippen LogP contribution in [0, 0.1) is 0 Å². The molecular formula is C15H15N5. The lowest BCUT2D eigenvalue weighted by Crippen LogP contribution is -2.22. The van der Waals surface area contributed by atoms with E-state index in [1.165, 1.54) is 17.7 Å². The molecule has 1 aliphatic rings. The largest absolute Gasteiger partial charge is 0.364 e. The highest BCUT2D eigenvalue weighted by Crippen LogP contribution is 2.38.